The van der Waals surface area contributed by atoms with Crippen molar-refractivity contribution in [3.8, 4) is 11.5 Å². The normalized spacial score (nSPS) is 10.6. The maximum Gasteiger partial charge on any atom is 0.258 e. The molecule has 0 saturated heterocycles. The van der Waals surface area contributed by atoms with E-state index in [0.29, 0.717) is 17.1 Å². The number of rotatable bonds is 7. The van der Waals surface area contributed by atoms with Crippen LogP contribution in [0.15, 0.2) is 52.7 Å². The van der Waals surface area contributed by atoms with E-state index in [1.54, 1.807) is 61.4 Å². The zero-order valence-electron chi connectivity index (χ0n) is 16.3. The quantitative estimate of drug-likeness (QED) is 0.507. The van der Waals surface area contributed by atoms with Gasteiger partial charge in [-0.2, -0.15) is 0 Å². The number of methoxy groups -OCH3 is 2. The lowest BCUT2D eigenvalue weighted by atomic mass is 10.2. The molecule has 2 aromatic carbocycles. The zero-order valence-corrected chi connectivity index (χ0v) is 17.9. The molecule has 0 atom stereocenters. The van der Waals surface area contributed by atoms with E-state index in [1.165, 1.54) is 0 Å². The monoisotopic (exact) mass is 414 g/mol. The molecule has 0 bridgehead atoms. The number of hydrogen-bond donors (Lipinski definition) is 0. The fraction of sp³-hybridized carbons (Fsp3) is 0.238. The van der Waals surface area contributed by atoms with Crippen molar-refractivity contribution in [1.29, 1.82) is 0 Å². The maximum absolute atomic E-state index is 12.8. The molecule has 0 aliphatic heterocycles. The van der Waals surface area contributed by atoms with Gasteiger partial charge in [-0.25, -0.2) is 4.98 Å². The first-order valence-electron chi connectivity index (χ1n) is 8.65. The Hall–Kier alpha value is -2.51. The first-order chi connectivity index (χ1) is 13.5. The van der Waals surface area contributed by atoms with Crippen molar-refractivity contribution in [1.82, 2.24) is 4.98 Å². The van der Waals surface area contributed by atoms with Gasteiger partial charge in [-0.3, -0.25) is 4.79 Å². The van der Waals surface area contributed by atoms with Gasteiger partial charge in [0.2, 0.25) is 0 Å². The van der Waals surface area contributed by atoms with Crippen LogP contribution in [0.3, 0.4) is 0 Å². The maximum atomic E-state index is 12.8. The van der Waals surface area contributed by atoms with Crippen LogP contribution in [0, 0.1) is 6.92 Å². The lowest BCUT2D eigenvalue weighted by Crippen LogP contribution is -2.26. The molecular weight excluding hydrogens is 392 g/mol. The molecule has 5 nitrogen and oxygen atoms in total. The molecule has 0 unspecified atom stereocenters. The summed E-state index contributed by atoms with van der Waals surface area (Å²) in [6.07, 6.45) is 0. The van der Waals surface area contributed by atoms with Gasteiger partial charge in [-0.05, 0) is 43.3 Å². The number of benzene rings is 2. The van der Waals surface area contributed by atoms with Gasteiger partial charge in [0, 0.05) is 40.4 Å². The van der Waals surface area contributed by atoms with Gasteiger partial charge in [0.1, 0.15) is 0 Å². The number of nitrogens with zero attached hydrogens (tertiary/aromatic N) is 2. The fourth-order valence-corrected chi connectivity index (χ4v) is 4.18. The van der Waals surface area contributed by atoms with Gasteiger partial charge in [0.15, 0.2) is 11.5 Å². The van der Waals surface area contributed by atoms with E-state index in [2.05, 4.69) is 10.4 Å². The Kier molecular flexibility index (Phi) is 6.59. The molecular formula is C21H22N2O3S2. The number of ether oxygens (including phenoxy) is 2. The summed E-state index contributed by atoms with van der Waals surface area (Å²) in [6, 6.07) is 13.1. The van der Waals surface area contributed by atoms with Gasteiger partial charge < -0.3 is 14.4 Å². The summed E-state index contributed by atoms with van der Waals surface area (Å²) in [5.41, 5.74) is 2.45. The number of anilines is 1. The number of thioether (sulfide) groups is 1. The van der Waals surface area contributed by atoms with Crippen molar-refractivity contribution in [3.63, 3.8) is 0 Å². The third-order valence-electron chi connectivity index (χ3n) is 4.21. The van der Waals surface area contributed by atoms with E-state index in [0.717, 1.165) is 27.0 Å². The van der Waals surface area contributed by atoms with Gasteiger partial charge in [0.05, 0.1) is 24.9 Å². The number of aryl methyl sites for hydroxylation is 1. The minimum atomic E-state index is -0.0844. The van der Waals surface area contributed by atoms with Gasteiger partial charge in [0.25, 0.3) is 5.91 Å². The van der Waals surface area contributed by atoms with E-state index in [9.17, 15) is 4.79 Å². The highest BCUT2D eigenvalue weighted by Crippen LogP contribution is 2.32. The Morgan fingerprint density at radius 2 is 1.82 bits per heavy atom. The molecule has 0 aliphatic carbocycles. The highest BCUT2D eigenvalue weighted by atomic mass is 32.2. The number of thiazole rings is 1. The van der Waals surface area contributed by atoms with E-state index < -0.39 is 0 Å². The summed E-state index contributed by atoms with van der Waals surface area (Å²) in [4.78, 5) is 20.0. The Labute approximate surface area is 173 Å². The number of amides is 1. The van der Waals surface area contributed by atoms with Crippen LogP contribution < -0.4 is 14.4 Å². The molecule has 0 radical (unpaired) electrons. The standard InChI is InChI=1S/C21H22N2O3S2/c1-14-22-16(12-27-14)13-28-18-8-5-15(6-9-18)21(24)23(2)17-7-10-19(25-3)20(11-17)26-4/h5-12H,13H2,1-4H3. The summed E-state index contributed by atoms with van der Waals surface area (Å²) < 4.78 is 10.6. The molecule has 3 aromatic rings. The molecule has 0 spiro atoms. The molecule has 1 amide bonds. The fourth-order valence-electron chi connectivity index (χ4n) is 2.67. The third kappa shape index (κ3) is 4.66. The predicted molar refractivity (Wildman–Crippen MR) is 115 cm³/mol. The molecule has 0 aliphatic rings. The SMILES string of the molecule is COc1ccc(N(C)C(=O)c2ccc(SCc3csc(C)n3)cc2)cc1OC. The Morgan fingerprint density at radius 3 is 2.43 bits per heavy atom. The molecule has 3 rings (SSSR count). The van der Waals surface area contributed by atoms with E-state index in [1.807, 2.05) is 37.3 Å². The summed E-state index contributed by atoms with van der Waals surface area (Å²) >= 11 is 3.37. The predicted octanol–water partition coefficient (Wildman–Crippen LogP) is 5.04. The van der Waals surface area contributed by atoms with Crippen molar-refractivity contribution in [2.45, 2.75) is 17.6 Å². The second kappa shape index (κ2) is 9.12. The van der Waals surface area contributed by atoms with Crippen LogP contribution in [0.5, 0.6) is 11.5 Å². The van der Waals surface area contributed by atoms with Gasteiger partial charge >= 0.3 is 0 Å². The van der Waals surface area contributed by atoms with Crippen molar-refractivity contribution in [3.05, 3.63) is 64.1 Å². The molecule has 146 valence electrons. The largest absolute Gasteiger partial charge is 0.493 e. The first kappa shape index (κ1) is 20.2. The minimum Gasteiger partial charge on any atom is -0.493 e. The van der Waals surface area contributed by atoms with Gasteiger partial charge in [-0.15, -0.1) is 23.1 Å². The minimum absolute atomic E-state index is 0.0844. The zero-order chi connectivity index (χ0) is 20.1. The van der Waals surface area contributed by atoms with Gasteiger partial charge in [-0.1, -0.05) is 0 Å². The summed E-state index contributed by atoms with van der Waals surface area (Å²) in [6.45, 7) is 2.01. The molecule has 1 heterocycles. The summed E-state index contributed by atoms with van der Waals surface area (Å²) in [5.74, 6) is 1.95. The van der Waals surface area contributed by atoms with Crippen LogP contribution >= 0.6 is 23.1 Å². The average molecular weight is 415 g/mol. The van der Waals surface area contributed by atoms with Crippen molar-refractivity contribution in [2.75, 3.05) is 26.2 Å². The molecule has 1 aromatic heterocycles. The summed E-state index contributed by atoms with van der Waals surface area (Å²) in [7, 11) is 4.91. The first-order valence-corrected chi connectivity index (χ1v) is 10.5. The Bertz CT molecular complexity index is 955. The van der Waals surface area contributed by atoms with Crippen LogP contribution in [0.25, 0.3) is 0 Å². The Morgan fingerprint density at radius 1 is 1.11 bits per heavy atom. The second-order valence-corrected chi connectivity index (χ2v) is 8.19. The van der Waals surface area contributed by atoms with Crippen LogP contribution in [0.4, 0.5) is 5.69 Å². The molecule has 0 saturated carbocycles. The van der Waals surface area contributed by atoms with Crippen LogP contribution in [-0.4, -0.2) is 32.2 Å². The summed E-state index contributed by atoms with van der Waals surface area (Å²) in [5, 5.41) is 3.16. The molecule has 0 fully saturated rings. The second-order valence-electron chi connectivity index (χ2n) is 6.07. The lowest BCUT2D eigenvalue weighted by molar-refractivity contribution is 0.0993. The average Bonchev–Trinajstić information content (AvgIpc) is 3.16. The van der Waals surface area contributed by atoms with E-state index in [-0.39, 0.29) is 5.91 Å². The number of hydrogen-bond acceptors (Lipinski definition) is 6. The van der Waals surface area contributed by atoms with Crippen molar-refractivity contribution in [2.24, 2.45) is 0 Å². The van der Waals surface area contributed by atoms with Crippen LogP contribution in [0.1, 0.15) is 21.1 Å². The molecule has 28 heavy (non-hydrogen) atoms. The van der Waals surface area contributed by atoms with Crippen molar-refractivity contribution >= 4 is 34.7 Å². The number of carbonyl (C=O) groups is 1. The van der Waals surface area contributed by atoms with Crippen LogP contribution in [-0.2, 0) is 5.75 Å². The van der Waals surface area contributed by atoms with E-state index >= 15 is 0 Å². The molecule has 0 N–H and O–H groups in total. The van der Waals surface area contributed by atoms with Crippen molar-refractivity contribution < 1.29 is 14.3 Å². The highest BCUT2D eigenvalue weighted by Gasteiger charge is 2.15. The smallest absolute Gasteiger partial charge is 0.258 e. The number of aromatic nitrogens is 1. The third-order valence-corrected chi connectivity index (χ3v) is 6.08. The Balaban J connectivity index is 1.68. The highest BCUT2D eigenvalue weighted by molar-refractivity contribution is 7.98. The topological polar surface area (TPSA) is 51.7 Å². The van der Waals surface area contributed by atoms with Crippen LogP contribution in [0.2, 0.25) is 0 Å². The molecule has 7 heteroatoms. The van der Waals surface area contributed by atoms with E-state index in [4.69, 9.17) is 9.47 Å². The number of carbonyl (C=O) groups excluding carboxylic acids is 1. The lowest BCUT2D eigenvalue weighted by Gasteiger charge is -2.19.